The van der Waals surface area contributed by atoms with Gasteiger partial charge < -0.3 is 14.7 Å². The zero-order valence-electron chi connectivity index (χ0n) is 13.2. The van der Waals surface area contributed by atoms with E-state index in [1.807, 2.05) is 11.6 Å². The number of morpholine rings is 1. The van der Waals surface area contributed by atoms with E-state index in [-0.39, 0.29) is 6.10 Å². The highest BCUT2D eigenvalue weighted by atomic mass is 32.1. The van der Waals surface area contributed by atoms with Gasteiger partial charge >= 0.3 is 0 Å². The quantitative estimate of drug-likeness (QED) is 0.842. The lowest BCUT2D eigenvalue weighted by atomic mass is 10.2. The van der Waals surface area contributed by atoms with Crippen LogP contribution in [0.15, 0.2) is 11.6 Å². The zero-order chi connectivity index (χ0) is 15.4. The number of aromatic nitrogens is 1. The second-order valence-corrected chi connectivity index (χ2v) is 7.06. The Bertz CT molecular complexity index is 439. The van der Waals surface area contributed by atoms with E-state index < -0.39 is 0 Å². The molecule has 0 spiro atoms. The lowest BCUT2D eigenvalue weighted by Gasteiger charge is -2.40. The molecule has 1 aromatic heterocycles. The molecular weight excluding hydrogens is 300 g/mol. The second kappa shape index (κ2) is 7.70. The van der Waals surface area contributed by atoms with Gasteiger partial charge in [0.25, 0.3) is 0 Å². The predicted octanol–water partition coefficient (Wildman–Crippen LogP) is 0.347. The minimum Gasteiger partial charge on any atom is -0.390 e. The van der Waals surface area contributed by atoms with E-state index in [0.717, 1.165) is 64.2 Å². The number of nitrogens with zero attached hydrogens (tertiary/aromatic N) is 4. The van der Waals surface area contributed by atoms with Crippen molar-refractivity contribution in [3.8, 4) is 0 Å². The summed E-state index contributed by atoms with van der Waals surface area (Å²) in [5.41, 5.74) is 0. The topological polar surface area (TPSA) is 52.1 Å². The Kier molecular flexibility index (Phi) is 5.65. The highest BCUT2D eigenvalue weighted by Crippen LogP contribution is 2.22. The maximum atomic E-state index is 10.3. The Hall–Kier alpha value is -0.730. The van der Waals surface area contributed by atoms with E-state index in [2.05, 4.69) is 26.6 Å². The Morgan fingerprint density at radius 1 is 1.27 bits per heavy atom. The normalized spacial score (nSPS) is 26.3. The second-order valence-electron chi connectivity index (χ2n) is 6.18. The Labute approximate surface area is 136 Å². The molecule has 3 heterocycles. The highest BCUT2D eigenvalue weighted by Gasteiger charge is 2.27. The molecule has 2 aliphatic rings. The largest absolute Gasteiger partial charge is 0.390 e. The molecule has 1 aromatic rings. The number of rotatable bonds is 5. The molecule has 2 saturated heterocycles. The molecule has 0 aromatic carbocycles. The van der Waals surface area contributed by atoms with Crippen LogP contribution in [0.4, 0.5) is 5.13 Å². The van der Waals surface area contributed by atoms with Crippen molar-refractivity contribution in [2.24, 2.45) is 0 Å². The summed E-state index contributed by atoms with van der Waals surface area (Å²) in [5.74, 6) is 0. The van der Waals surface area contributed by atoms with E-state index in [1.54, 1.807) is 11.3 Å². The van der Waals surface area contributed by atoms with Gasteiger partial charge in [0.15, 0.2) is 5.13 Å². The van der Waals surface area contributed by atoms with Gasteiger partial charge in [0, 0.05) is 63.4 Å². The van der Waals surface area contributed by atoms with Crippen LogP contribution in [0, 0.1) is 0 Å². The van der Waals surface area contributed by atoms with Gasteiger partial charge in [-0.2, -0.15) is 0 Å². The van der Waals surface area contributed by atoms with Crippen LogP contribution in [0.25, 0.3) is 0 Å². The molecule has 3 rings (SSSR count). The molecule has 0 radical (unpaired) electrons. The van der Waals surface area contributed by atoms with Gasteiger partial charge in [0.05, 0.1) is 19.3 Å². The maximum Gasteiger partial charge on any atom is 0.185 e. The first-order chi connectivity index (χ1) is 10.7. The highest BCUT2D eigenvalue weighted by molar-refractivity contribution is 7.13. The average molecular weight is 326 g/mol. The average Bonchev–Trinajstić information content (AvgIpc) is 3.02. The fourth-order valence-electron chi connectivity index (χ4n) is 3.28. The predicted molar refractivity (Wildman–Crippen MR) is 88.6 cm³/mol. The molecular formula is C15H26N4O2S. The Balaban J connectivity index is 1.44. The number of piperazine rings is 1. The van der Waals surface area contributed by atoms with Gasteiger partial charge in [-0.25, -0.2) is 4.98 Å². The van der Waals surface area contributed by atoms with Crippen LogP contribution < -0.4 is 4.90 Å². The minimum absolute atomic E-state index is 0.281. The fourth-order valence-corrected chi connectivity index (χ4v) is 4.05. The summed E-state index contributed by atoms with van der Waals surface area (Å²) in [4.78, 5) is 11.5. The smallest absolute Gasteiger partial charge is 0.185 e. The van der Waals surface area contributed by atoms with Crippen molar-refractivity contribution in [1.82, 2.24) is 14.8 Å². The first kappa shape index (κ1) is 16.1. The molecule has 1 N–H and O–H groups in total. The summed E-state index contributed by atoms with van der Waals surface area (Å²) in [5, 5.41) is 13.5. The fraction of sp³-hybridized carbons (Fsp3) is 0.800. The molecule has 0 saturated carbocycles. The van der Waals surface area contributed by atoms with Crippen molar-refractivity contribution in [2.45, 2.75) is 19.1 Å². The van der Waals surface area contributed by atoms with Gasteiger partial charge in [0.1, 0.15) is 0 Å². The molecule has 124 valence electrons. The first-order valence-corrected chi connectivity index (χ1v) is 8.97. The van der Waals surface area contributed by atoms with Crippen molar-refractivity contribution < 1.29 is 9.84 Å². The standard InChI is InChI=1S/C15H26N4O2S/c1-13-10-18(3-4-19(13)15-16-2-9-22-15)12-14(20)11-17-5-7-21-8-6-17/h2,9,13-14,20H,3-8,10-12H2,1H3/t13-,14+/m1/s1. The van der Waals surface area contributed by atoms with Gasteiger partial charge in [-0.3, -0.25) is 9.80 Å². The van der Waals surface area contributed by atoms with E-state index in [1.165, 1.54) is 0 Å². The van der Waals surface area contributed by atoms with Crippen LogP contribution >= 0.6 is 11.3 Å². The molecule has 2 fully saturated rings. The third-order valence-corrected chi connectivity index (χ3v) is 5.23. The lowest BCUT2D eigenvalue weighted by Crippen LogP contribution is -2.54. The Morgan fingerprint density at radius 3 is 2.73 bits per heavy atom. The Morgan fingerprint density at radius 2 is 2.05 bits per heavy atom. The molecule has 0 aliphatic carbocycles. The van der Waals surface area contributed by atoms with Gasteiger partial charge in [-0.1, -0.05) is 0 Å². The van der Waals surface area contributed by atoms with Crippen LogP contribution in [0.1, 0.15) is 6.92 Å². The van der Waals surface area contributed by atoms with Crippen LogP contribution in [0.2, 0.25) is 0 Å². The number of hydrogen-bond donors (Lipinski definition) is 1. The van der Waals surface area contributed by atoms with Crippen molar-refractivity contribution in [3.63, 3.8) is 0 Å². The molecule has 7 heteroatoms. The van der Waals surface area contributed by atoms with Crippen molar-refractivity contribution in [1.29, 1.82) is 0 Å². The van der Waals surface area contributed by atoms with Crippen molar-refractivity contribution >= 4 is 16.5 Å². The summed E-state index contributed by atoms with van der Waals surface area (Å²) in [7, 11) is 0. The summed E-state index contributed by atoms with van der Waals surface area (Å²) in [6, 6.07) is 0.440. The number of ether oxygens (including phenoxy) is 1. The van der Waals surface area contributed by atoms with E-state index in [4.69, 9.17) is 4.74 Å². The first-order valence-electron chi connectivity index (χ1n) is 8.09. The van der Waals surface area contributed by atoms with Crippen LogP contribution in [-0.4, -0.2) is 91.1 Å². The summed E-state index contributed by atoms with van der Waals surface area (Å²) in [6.45, 7) is 10.2. The molecule has 22 heavy (non-hydrogen) atoms. The number of aliphatic hydroxyl groups excluding tert-OH is 1. The summed E-state index contributed by atoms with van der Waals surface area (Å²) >= 11 is 1.70. The van der Waals surface area contributed by atoms with Gasteiger partial charge in [0.2, 0.25) is 0 Å². The van der Waals surface area contributed by atoms with Gasteiger partial charge in [-0.05, 0) is 6.92 Å². The molecule has 6 nitrogen and oxygen atoms in total. The molecule has 0 bridgehead atoms. The maximum absolute atomic E-state index is 10.3. The van der Waals surface area contributed by atoms with E-state index >= 15 is 0 Å². The van der Waals surface area contributed by atoms with Crippen LogP contribution in [0.5, 0.6) is 0 Å². The molecule has 0 unspecified atom stereocenters. The molecule has 2 aliphatic heterocycles. The van der Waals surface area contributed by atoms with E-state index in [9.17, 15) is 5.11 Å². The summed E-state index contributed by atoms with van der Waals surface area (Å²) < 4.78 is 5.35. The third kappa shape index (κ3) is 4.17. The third-order valence-electron chi connectivity index (χ3n) is 4.42. The van der Waals surface area contributed by atoms with E-state index in [0.29, 0.717) is 6.04 Å². The van der Waals surface area contributed by atoms with Crippen LogP contribution in [0.3, 0.4) is 0 Å². The number of anilines is 1. The van der Waals surface area contributed by atoms with Crippen molar-refractivity contribution in [3.05, 3.63) is 11.6 Å². The molecule has 0 amide bonds. The summed E-state index contributed by atoms with van der Waals surface area (Å²) in [6.07, 6.45) is 1.59. The van der Waals surface area contributed by atoms with Gasteiger partial charge in [-0.15, -0.1) is 11.3 Å². The van der Waals surface area contributed by atoms with Crippen LogP contribution in [-0.2, 0) is 4.74 Å². The number of hydrogen-bond acceptors (Lipinski definition) is 7. The number of thiazole rings is 1. The number of aliphatic hydroxyl groups is 1. The monoisotopic (exact) mass is 326 g/mol. The number of β-amino-alcohol motifs (C(OH)–C–C–N with tert-alkyl or cyclic N) is 1. The molecule has 2 atom stereocenters. The zero-order valence-corrected chi connectivity index (χ0v) is 14.0. The van der Waals surface area contributed by atoms with Crippen molar-refractivity contribution in [2.75, 3.05) is 63.9 Å². The lowest BCUT2D eigenvalue weighted by molar-refractivity contribution is 0.00572. The SMILES string of the molecule is C[C@@H]1CN(C[C@@H](O)CN2CCOCC2)CCN1c1nccs1. The minimum atomic E-state index is -0.281.